The third-order valence-electron chi connectivity index (χ3n) is 4.75. The number of piperidine rings is 1. The summed E-state index contributed by atoms with van der Waals surface area (Å²) in [6, 6.07) is 8.03. The van der Waals surface area contributed by atoms with Crippen LogP contribution in [0.25, 0.3) is 0 Å². The van der Waals surface area contributed by atoms with Crippen molar-refractivity contribution in [1.29, 1.82) is 0 Å². The highest BCUT2D eigenvalue weighted by molar-refractivity contribution is 5.81. The van der Waals surface area contributed by atoms with Crippen LogP contribution in [-0.2, 0) is 4.79 Å². The largest absolute Gasteiger partial charge is 0.489 e. The number of nitrogens with zero attached hydrogens (tertiary/aromatic N) is 2. The maximum Gasteiger partial charge on any atom is 0.224 e. The summed E-state index contributed by atoms with van der Waals surface area (Å²) in [6.45, 7) is 9.27. The number of carbonyl (C=O) groups excluding carboxylic acids is 1. The van der Waals surface area contributed by atoms with Crippen molar-refractivity contribution in [2.24, 2.45) is 10.9 Å². The van der Waals surface area contributed by atoms with E-state index in [9.17, 15) is 4.79 Å². The molecule has 1 aromatic carbocycles. The molecule has 0 aromatic heterocycles. The summed E-state index contributed by atoms with van der Waals surface area (Å²) in [5.74, 6) is 2.39. The van der Waals surface area contributed by atoms with Gasteiger partial charge in [-0.25, -0.2) is 0 Å². The normalized spacial score (nSPS) is 18.7. The summed E-state index contributed by atoms with van der Waals surface area (Å²) >= 11 is 0. The summed E-state index contributed by atoms with van der Waals surface area (Å²) in [6.07, 6.45) is 2.83. The molecule has 150 valence electrons. The average Bonchev–Trinajstić information content (AvgIpc) is 2.64. The first-order valence-corrected chi connectivity index (χ1v) is 9.93. The number of hydrogen-bond acceptors (Lipinski definition) is 3. The van der Waals surface area contributed by atoms with Crippen LogP contribution >= 0.6 is 0 Å². The minimum absolute atomic E-state index is 0.00168. The molecule has 0 aliphatic carbocycles. The summed E-state index contributed by atoms with van der Waals surface area (Å²) in [7, 11) is 1.73. The van der Waals surface area contributed by atoms with Gasteiger partial charge in [-0.3, -0.25) is 9.79 Å². The quantitative estimate of drug-likeness (QED) is 0.569. The van der Waals surface area contributed by atoms with Gasteiger partial charge in [-0.1, -0.05) is 19.1 Å². The number of rotatable bonds is 7. The van der Waals surface area contributed by atoms with Crippen LogP contribution in [0, 0.1) is 12.8 Å². The minimum atomic E-state index is 0.00168. The Bertz CT molecular complexity index is 632. The number of ether oxygens (including phenoxy) is 1. The van der Waals surface area contributed by atoms with E-state index in [0.29, 0.717) is 31.4 Å². The Balaban J connectivity index is 1.67. The van der Waals surface area contributed by atoms with Gasteiger partial charge in [0, 0.05) is 33.1 Å². The summed E-state index contributed by atoms with van der Waals surface area (Å²) in [5.41, 5.74) is 1.18. The monoisotopic (exact) mass is 374 g/mol. The molecule has 1 amide bonds. The number of aliphatic imine (C=N–C) groups is 1. The molecule has 0 bridgehead atoms. The Hall–Kier alpha value is -2.24. The van der Waals surface area contributed by atoms with Gasteiger partial charge in [0.15, 0.2) is 5.96 Å². The molecule has 27 heavy (non-hydrogen) atoms. The van der Waals surface area contributed by atoms with Crippen molar-refractivity contribution in [1.82, 2.24) is 15.5 Å². The maximum absolute atomic E-state index is 12.3. The Morgan fingerprint density at radius 3 is 2.93 bits per heavy atom. The molecular weight excluding hydrogens is 340 g/mol. The van der Waals surface area contributed by atoms with Crippen molar-refractivity contribution in [2.75, 3.05) is 33.2 Å². The Morgan fingerprint density at radius 2 is 2.22 bits per heavy atom. The van der Waals surface area contributed by atoms with Gasteiger partial charge in [0.1, 0.15) is 11.9 Å². The molecule has 2 atom stereocenters. The number of likely N-dealkylation sites (tertiary alicyclic amines) is 1. The van der Waals surface area contributed by atoms with Crippen molar-refractivity contribution < 1.29 is 9.53 Å². The van der Waals surface area contributed by atoms with E-state index in [1.54, 1.807) is 7.05 Å². The van der Waals surface area contributed by atoms with Gasteiger partial charge in [-0.15, -0.1) is 0 Å². The van der Waals surface area contributed by atoms with Gasteiger partial charge in [0.05, 0.1) is 6.54 Å². The van der Waals surface area contributed by atoms with Crippen molar-refractivity contribution >= 4 is 11.9 Å². The molecule has 6 heteroatoms. The van der Waals surface area contributed by atoms with Gasteiger partial charge in [-0.05, 0) is 50.3 Å². The van der Waals surface area contributed by atoms with Crippen LogP contribution < -0.4 is 15.4 Å². The van der Waals surface area contributed by atoms with Gasteiger partial charge in [0.25, 0.3) is 0 Å². The van der Waals surface area contributed by atoms with Crippen LogP contribution in [0.2, 0.25) is 0 Å². The first-order valence-electron chi connectivity index (χ1n) is 9.93. The third-order valence-corrected chi connectivity index (χ3v) is 4.75. The molecule has 1 aromatic rings. The highest BCUT2D eigenvalue weighted by Gasteiger charge is 2.20. The van der Waals surface area contributed by atoms with E-state index in [1.165, 1.54) is 12.0 Å². The predicted octanol–water partition coefficient (Wildman–Crippen LogP) is 2.58. The number of amides is 1. The molecule has 1 saturated heterocycles. The highest BCUT2D eigenvalue weighted by Crippen LogP contribution is 2.16. The van der Waals surface area contributed by atoms with Crippen LogP contribution in [0.1, 0.15) is 38.7 Å². The van der Waals surface area contributed by atoms with Gasteiger partial charge in [0.2, 0.25) is 5.91 Å². The zero-order chi connectivity index (χ0) is 19.6. The molecule has 2 unspecified atom stereocenters. The highest BCUT2D eigenvalue weighted by atomic mass is 16.5. The van der Waals surface area contributed by atoms with Gasteiger partial charge < -0.3 is 20.3 Å². The zero-order valence-electron chi connectivity index (χ0n) is 17.1. The second kappa shape index (κ2) is 10.8. The Kier molecular flexibility index (Phi) is 8.43. The fraction of sp³-hybridized carbons (Fsp3) is 0.619. The molecule has 1 heterocycles. The van der Waals surface area contributed by atoms with E-state index < -0.39 is 0 Å². The fourth-order valence-electron chi connectivity index (χ4n) is 3.29. The number of aryl methyl sites for hydroxylation is 1. The second-order valence-corrected chi connectivity index (χ2v) is 7.46. The minimum Gasteiger partial charge on any atom is -0.489 e. The second-order valence-electron chi connectivity index (χ2n) is 7.46. The van der Waals surface area contributed by atoms with E-state index in [0.717, 1.165) is 25.3 Å². The standard InChI is InChI=1S/C21H34N4O2/c1-16-7-5-9-19(13-16)27-18(3)14-24-21(22-4)23-11-10-20(26)25-12-6-8-17(2)15-25/h5,7,9,13,17-18H,6,8,10-12,14-15H2,1-4H3,(H2,22,23,24). The van der Waals surface area contributed by atoms with E-state index >= 15 is 0 Å². The molecule has 2 N–H and O–H groups in total. The lowest BCUT2D eigenvalue weighted by atomic mass is 10.00. The summed E-state index contributed by atoms with van der Waals surface area (Å²) in [5, 5.41) is 6.47. The van der Waals surface area contributed by atoms with Crippen LogP contribution in [-0.4, -0.2) is 56.1 Å². The molecule has 0 radical (unpaired) electrons. The van der Waals surface area contributed by atoms with Gasteiger partial charge >= 0.3 is 0 Å². The number of benzene rings is 1. The average molecular weight is 375 g/mol. The first kappa shape index (κ1) is 21.1. The Labute approximate surface area is 163 Å². The van der Waals surface area contributed by atoms with Crippen molar-refractivity contribution in [3.05, 3.63) is 29.8 Å². The van der Waals surface area contributed by atoms with E-state index in [1.807, 2.05) is 43.0 Å². The molecule has 0 saturated carbocycles. The smallest absolute Gasteiger partial charge is 0.224 e. The summed E-state index contributed by atoms with van der Waals surface area (Å²) in [4.78, 5) is 18.5. The van der Waals surface area contributed by atoms with Crippen molar-refractivity contribution in [3.63, 3.8) is 0 Å². The molecule has 1 fully saturated rings. The van der Waals surface area contributed by atoms with E-state index in [2.05, 4.69) is 22.5 Å². The third kappa shape index (κ3) is 7.49. The lowest BCUT2D eigenvalue weighted by molar-refractivity contribution is -0.132. The topological polar surface area (TPSA) is 66.0 Å². The van der Waals surface area contributed by atoms with Crippen LogP contribution in [0.5, 0.6) is 5.75 Å². The zero-order valence-corrected chi connectivity index (χ0v) is 17.1. The van der Waals surface area contributed by atoms with Crippen LogP contribution in [0.15, 0.2) is 29.3 Å². The van der Waals surface area contributed by atoms with Crippen LogP contribution in [0.4, 0.5) is 0 Å². The molecule has 0 spiro atoms. The molecular formula is C21H34N4O2. The SMILES string of the molecule is CN=C(NCCC(=O)N1CCCC(C)C1)NCC(C)Oc1cccc(C)c1. The molecule has 2 rings (SSSR count). The van der Waals surface area contributed by atoms with Gasteiger partial charge in [-0.2, -0.15) is 0 Å². The Morgan fingerprint density at radius 1 is 1.41 bits per heavy atom. The number of guanidine groups is 1. The first-order chi connectivity index (χ1) is 13.0. The molecule has 1 aliphatic rings. The summed E-state index contributed by atoms with van der Waals surface area (Å²) < 4.78 is 5.92. The lowest BCUT2D eigenvalue weighted by Crippen LogP contribution is -2.44. The lowest BCUT2D eigenvalue weighted by Gasteiger charge is -2.31. The molecule has 6 nitrogen and oxygen atoms in total. The number of carbonyl (C=O) groups is 1. The van der Waals surface area contributed by atoms with E-state index in [-0.39, 0.29) is 12.0 Å². The van der Waals surface area contributed by atoms with Crippen molar-refractivity contribution in [2.45, 2.75) is 46.1 Å². The fourth-order valence-corrected chi connectivity index (χ4v) is 3.29. The number of nitrogens with one attached hydrogen (secondary N) is 2. The van der Waals surface area contributed by atoms with Crippen LogP contribution in [0.3, 0.4) is 0 Å². The maximum atomic E-state index is 12.3. The molecule has 1 aliphatic heterocycles. The predicted molar refractivity (Wildman–Crippen MR) is 110 cm³/mol. The van der Waals surface area contributed by atoms with Crippen molar-refractivity contribution in [3.8, 4) is 5.75 Å². The number of hydrogen-bond donors (Lipinski definition) is 2. The van der Waals surface area contributed by atoms with E-state index in [4.69, 9.17) is 4.74 Å².